The highest BCUT2D eigenvalue weighted by Crippen LogP contribution is 2.47. The Morgan fingerprint density at radius 1 is 1.00 bits per heavy atom. The van der Waals surface area contributed by atoms with Crippen LogP contribution in [0.3, 0.4) is 0 Å². The van der Waals surface area contributed by atoms with Crippen molar-refractivity contribution in [3.8, 4) is 0 Å². The van der Waals surface area contributed by atoms with E-state index < -0.39 is 5.41 Å². The fourth-order valence-electron chi connectivity index (χ4n) is 3.04. The number of anilines is 1. The van der Waals surface area contributed by atoms with Crippen LogP contribution in [0, 0.1) is 5.41 Å². The molecule has 1 aromatic rings. The lowest BCUT2D eigenvalue weighted by atomic mass is 9.94. The molecular weight excluding hydrogens is 300 g/mol. The van der Waals surface area contributed by atoms with Gasteiger partial charge in [0.1, 0.15) is 5.41 Å². The maximum Gasteiger partial charge on any atom is 0.240 e. The first kappa shape index (κ1) is 15.3. The maximum atomic E-state index is 12.5. The van der Waals surface area contributed by atoms with Gasteiger partial charge in [0.25, 0.3) is 0 Å². The summed E-state index contributed by atoms with van der Waals surface area (Å²) >= 11 is 5.83. The second-order valence-electron chi connectivity index (χ2n) is 6.35. The summed E-state index contributed by atoms with van der Waals surface area (Å²) in [5.74, 6) is -0.311. The van der Waals surface area contributed by atoms with Gasteiger partial charge in [-0.1, -0.05) is 30.9 Å². The third-order valence-corrected chi connectivity index (χ3v) is 4.91. The van der Waals surface area contributed by atoms with Gasteiger partial charge in [0, 0.05) is 16.8 Å². The lowest BCUT2D eigenvalue weighted by Gasteiger charge is -2.25. The van der Waals surface area contributed by atoms with E-state index in [9.17, 15) is 9.59 Å². The molecule has 0 unspecified atom stereocenters. The van der Waals surface area contributed by atoms with Gasteiger partial charge in [-0.05, 0) is 49.9 Å². The van der Waals surface area contributed by atoms with Crippen molar-refractivity contribution in [2.24, 2.45) is 5.41 Å². The van der Waals surface area contributed by atoms with Gasteiger partial charge in [0.15, 0.2) is 0 Å². The Balaban J connectivity index is 1.60. The first-order valence-electron chi connectivity index (χ1n) is 7.98. The molecule has 1 aromatic carbocycles. The number of amides is 2. The van der Waals surface area contributed by atoms with E-state index in [1.165, 1.54) is 6.42 Å². The highest BCUT2D eigenvalue weighted by molar-refractivity contribution is 6.30. The number of hydrogen-bond acceptors (Lipinski definition) is 2. The van der Waals surface area contributed by atoms with E-state index in [1.54, 1.807) is 24.3 Å². The number of halogens is 1. The second kappa shape index (κ2) is 6.29. The molecule has 2 amide bonds. The van der Waals surface area contributed by atoms with Gasteiger partial charge >= 0.3 is 0 Å². The topological polar surface area (TPSA) is 58.2 Å². The van der Waals surface area contributed by atoms with E-state index in [4.69, 9.17) is 11.6 Å². The first-order valence-corrected chi connectivity index (χ1v) is 8.36. The van der Waals surface area contributed by atoms with E-state index in [2.05, 4.69) is 10.6 Å². The molecule has 118 valence electrons. The molecule has 4 nitrogen and oxygen atoms in total. The SMILES string of the molecule is O=C(Nc1ccc(Cl)cc1)C1(C(=O)NC2CCCCC2)CC1. The summed E-state index contributed by atoms with van der Waals surface area (Å²) in [5.41, 5.74) is -0.192. The van der Waals surface area contributed by atoms with Crippen LogP contribution in [0.2, 0.25) is 5.02 Å². The van der Waals surface area contributed by atoms with Crippen LogP contribution in [-0.2, 0) is 9.59 Å². The number of nitrogens with one attached hydrogen (secondary N) is 2. The van der Waals surface area contributed by atoms with Gasteiger partial charge in [-0.15, -0.1) is 0 Å². The van der Waals surface area contributed by atoms with Crippen LogP contribution in [0.4, 0.5) is 5.69 Å². The number of benzene rings is 1. The quantitative estimate of drug-likeness (QED) is 0.834. The van der Waals surface area contributed by atoms with Gasteiger partial charge < -0.3 is 10.6 Å². The lowest BCUT2D eigenvalue weighted by molar-refractivity contribution is -0.135. The molecule has 0 aromatic heterocycles. The van der Waals surface area contributed by atoms with Crippen LogP contribution in [0.1, 0.15) is 44.9 Å². The largest absolute Gasteiger partial charge is 0.352 e. The zero-order valence-corrected chi connectivity index (χ0v) is 13.3. The van der Waals surface area contributed by atoms with Crippen molar-refractivity contribution in [3.05, 3.63) is 29.3 Å². The average molecular weight is 321 g/mol. The standard InChI is InChI=1S/C17H21ClN2O2/c18-12-6-8-14(9-7-12)20-16(22)17(10-11-17)15(21)19-13-4-2-1-3-5-13/h6-9,13H,1-5,10-11H2,(H,19,21)(H,20,22). The molecule has 0 aliphatic heterocycles. The summed E-state index contributed by atoms with van der Waals surface area (Å²) in [4.78, 5) is 24.9. The molecular formula is C17H21ClN2O2. The summed E-state index contributed by atoms with van der Waals surface area (Å²) in [7, 11) is 0. The van der Waals surface area contributed by atoms with Crippen molar-refractivity contribution in [3.63, 3.8) is 0 Å². The third-order valence-electron chi connectivity index (χ3n) is 4.66. The normalized spacial score (nSPS) is 20.2. The van der Waals surface area contributed by atoms with Crippen LogP contribution in [0.15, 0.2) is 24.3 Å². The molecule has 2 aliphatic carbocycles. The molecule has 3 rings (SSSR count). The van der Waals surface area contributed by atoms with Crippen molar-refractivity contribution >= 4 is 29.1 Å². The summed E-state index contributed by atoms with van der Waals surface area (Å²) < 4.78 is 0. The highest BCUT2D eigenvalue weighted by atomic mass is 35.5. The number of rotatable bonds is 4. The highest BCUT2D eigenvalue weighted by Gasteiger charge is 2.56. The predicted molar refractivity (Wildman–Crippen MR) is 86.8 cm³/mol. The van der Waals surface area contributed by atoms with Crippen LogP contribution in [0.5, 0.6) is 0 Å². The molecule has 2 fully saturated rings. The zero-order chi connectivity index (χ0) is 15.6. The molecule has 2 saturated carbocycles. The molecule has 0 heterocycles. The lowest BCUT2D eigenvalue weighted by Crippen LogP contribution is -2.45. The Kier molecular flexibility index (Phi) is 4.39. The van der Waals surface area contributed by atoms with Crippen molar-refractivity contribution in [2.75, 3.05) is 5.32 Å². The van der Waals surface area contributed by atoms with Gasteiger partial charge in [-0.2, -0.15) is 0 Å². The van der Waals surface area contributed by atoms with E-state index >= 15 is 0 Å². The zero-order valence-electron chi connectivity index (χ0n) is 12.5. The van der Waals surface area contributed by atoms with Crippen LogP contribution < -0.4 is 10.6 Å². The van der Waals surface area contributed by atoms with Crippen LogP contribution in [0.25, 0.3) is 0 Å². The number of carbonyl (C=O) groups excluding carboxylic acids is 2. The Labute approximate surface area is 135 Å². The van der Waals surface area contributed by atoms with Crippen molar-refractivity contribution in [1.82, 2.24) is 5.32 Å². The third kappa shape index (κ3) is 3.27. The monoisotopic (exact) mass is 320 g/mol. The molecule has 0 bridgehead atoms. The number of hydrogen-bond donors (Lipinski definition) is 2. The average Bonchev–Trinajstić information content (AvgIpc) is 3.32. The molecule has 0 atom stereocenters. The van der Waals surface area contributed by atoms with Gasteiger partial charge in [-0.3, -0.25) is 9.59 Å². The summed E-state index contributed by atoms with van der Waals surface area (Å²) in [6.45, 7) is 0. The Morgan fingerprint density at radius 2 is 1.64 bits per heavy atom. The van der Waals surface area contributed by atoms with E-state index in [1.807, 2.05) is 0 Å². The summed E-state index contributed by atoms with van der Waals surface area (Å²) in [6.07, 6.45) is 6.88. The van der Waals surface area contributed by atoms with Crippen molar-refractivity contribution in [1.29, 1.82) is 0 Å². The fourth-order valence-corrected chi connectivity index (χ4v) is 3.16. The smallest absolute Gasteiger partial charge is 0.240 e. The van der Waals surface area contributed by atoms with E-state index in [0.717, 1.165) is 25.7 Å². The van der Waals surface area contributed by atoms with Gasteiger partial charge in [0.05, 0.1) is 0 Å². The minimum atomic E-state index is -0.864. The summed E-state index contributed by atoms with van der Waals surface area (Å²) in [5, 5.41) is 6.53. The summed E-state index contributed by atoms with van der Waals surface area (Å²) in [6, 6.07) is 7.17. The second-order valence-corrected chi connectivity index (χ2v) is 6.79. The molecule has 2 N–H and O–H groups in total. The van der Waals surface area contributed by atoms with E-state index in [0.29, 0.717) is 23.6 Å². The Bertz CT molecular complexity index is 561. The molecule has 0 radical (unpaired) electrons. The molecule has 2 aliphatic rings. The minimum Gasteiger partial charge on any atom is -0.352 e. The van der Waals surface area contributed by atoms with Gasteiger partial charge in [0.2, 0.25) is 11.8 Å². The fraction of sp³-hybridized carbons (Fsp3) is 0.529. The van der Waals surface area contributed by atoms with Crippen molar-refractivity contribution < 1.29 is 9.59 Å². The van der Waals surface area contributed by atoms with Crippen LogP contribution >= 0.6 is 11.6 Å². The van der Waals surface area contributed by atoms with Crippen LogP contribution in [-0.4, -0.2) is 17.9 Å². The Morgan fingerprint density at radius 3 is 2.23 bits per heavy atom. The molecule has 0 spiro atoms. The maximum absolute atomic E-state index is 12.5. The van der Waals surface area contributed by atoms with Gasteiger partial charge in [-0.25, -0.2) is 0 Å². The molecule has 22 heavy (non-hydrogen) atoms. The minimum absolute atomic E-state index is 0.106. The first-order chi connectivity index (χ1) is 10.6. The predicted octanol–water partition coefficient (Wildman–Crippen LogP) is 3.51. The van der Waals surface area contributed by atoms with E-state index in [-0.39, 0.29) is 17.9 Å². The van der Waals surface area contributed by atoms with Crippen molar-refractivity contribution in [2.45, 2.75) is 51.0 Å². The number of carbonyl (C=O) groups is 2. The molecule has 5 heteroatoms. The Hall–Kier alpha value is -1.55. The molecule has 0 saturated heterocycles.